The Hall–Kier alpha value is -1.15. The molecule has 0 aliphatic heterocycles. The van der Waals surface area contributed by atoms with Crippen LogP contribution in [0.4, 0.5) is 0 Å². The van der Waals surface area contributed by atoms with Gasteiger partial charge in [-0.3, -0.25) is 4.79 Å². The van der Waals surface area contributed by atoms with E-state index in [2.05, 4.69) is 0 Å². The van der Waals surface area contributed by atoms with Crippen LogP contribution in [0.2, 0.25) is 0 Å². The van der Waals surface area contributed by atoms with E-state index < -0.39 is 5.54 Å². The molecule has 2 heteroatoms. The number of nitrogens with two attached hydrogens (primary N) is 1. The van der Waals surface area contributed by atoms with Crippen LogP contribution >= 0.6 is 0 Å². The lowest BCUT2D eigenvalue weighted by molar-refractivity contribution is 0.498. The highest BCUT2D eigenvalue weighted by molar-refractivity contribution is 5.64. The zero-order valence-electron chi connectivity index (χ0n) is 7.08. The summed E-state index contributed by atoms with van der Waals surface area (Å²) in [6.07, 6.45) is 2.36. The van der Waals surface area contributed by atoms with Gasteiger partial charge in [-0.15, -0.1) is 0 Å². The maximum atomic E-state index is 10.4. The molecule has 0 spiro atoms. The minimum atomic E-state index is -0.860. The first-order chi connectivity index (χ1) is 5.64. The summed E-state index contributed by atoms with van der Waals surface area (Å²) in [7, 11) is 0. The van der Waals surface area contributed by atoms with Crippen molar-refractivity contribution in [3.05, 3.63) is 35.9 Å². The number of rotatable bonds is 3. The van der Waals surface area contributed by atoms with Crippen LogP contribution in [0.1, 0.15) is 12.5 Å². The van der Waals surface area contributed by atoms with Gasteiger partial charge in [0.25, 0.3) is 0 Å². The van der Waals surface area contributed by atoms with Gasteiger partial charge in [0.2, 0.25) is 6.29 Å². The standard InChI is InChI=1S/C10H12NO/c1-10(11,8-12)7-9-5-3-2-4-6-9/h2-6H,7,11H2,1H3/t10-/m0/s1. The summed E-state index contributed by atoms with van der Waals surface area (Å²) >= 11 is 0. The van der Waals surface area contributed by atoms with Gasteiger partial charge in [0.15, 0.2) is 0 Å². The van der Waals surface area contributed by atoms with Crippen LogP contribution in [0.5, 0.6) is 0 Å². The summed E-state index contributed by atoms with van der Waals surface area (Å²) in [4.78, 5) is 10.4. The highest BCUT2D eigenvalue weighted by Gasteiger charge is 2.18. The van der Waals surface area contributed by atoms with Gasteiger partial charge in [-0.25, -0.2) is 0 Å². The van der Waals surface area contributed by atoms with Crippen LogP contribution in [0.25, 0.3) is 0 Å². The molecule has 1 atom stereocenters. The Bertz CT molecular complexity index is 254. The summed E-state index contributed by atoms with van der Waals surface area (Å²) < 4.78 is 0. The second-order valence-electron chi connectivity index (χ2n) is 3.18. The van der Waals surface area contributed by atoms with Crippen LogP contribution in [0, 0.1) is 0 Å². The Labute approximate surface area is 72.4 Å². The van der Waals surface area contributed by atoms with Gasteiger partial charge in [-0.1, -0.05) is 30.3 Å². The number of benzene rings is 1. The summed E-state index contributed by atoms with van der Waals surface area (Å²) in [6, 6.07) is 9.68. The molecule has 12 heavy (non-hydrogen) atoms. The molecule has 0 aromatic heterocycles. The monoisotopic (exact) mass is 162 g/mol. The summed E-state index contributed by atoms with van der Waals surface area (Å²) in [6.45, 7) is 1.67. The first kappa shape index (κ1) is 8.94. The van der Waals surface area contributed by atoms with Crippen LogP contribution in [0.15, 0.2) is 30.3 Å². The lowest BCUT2D eigenvalue weighted by Crippen LogP contribution is -2.40. The third-order valence-electron chi connectivity index (χ3n) is 1.65. The van der Waals surface area contributed by atoms with Crippen LogP contribution < -0.4 is 5.73 Å². The van der Waals surface area contributed by atoms with Crippen molar-refractivity contribution in [2.75, 3.05) is 0 Å². The molecule has 0 aliphatic rings. The number of carbonyl (C=O) groups excluding carboxylic acids is 1. The molecule has 1 aromatic rings. The van der Waals surface area contributed by atoms with Gasteiger partial charge in [-0.2, -0.15) is 0 Å². The second kappa shape index (κ2) is 3.50. The van der Waals surface area contributed by atoms with Gasteiger partial charge in [0.1, 0.15) is 0 Å². The van der Waals surface area contributed by atoms with Gasteiger partial charge < -0.3 is 5.73 Å². The Kier molecular flexibility index (Phi) is 2.61. The number of hydrogen-bond donors (Lipinski definition) is 1. The molecule has 63 valence electrons. The first-order valence-corrected chi connectivity index (χ1v) is 3.86. The molecule has 0 fully saturated rings. The molecule has 0 unspecified atom stereocenters. The molecule has 0 saturated heterocycles. The molecule has 2 nitrogen and oxygen atoms in total. The Morgan fingerprint density at radius 3 is 2.50 bits per heavy atom. The fourth-order valence-electron chi connectivity index (χ4n) is 1.06. The van der Waals surface area contributed by atoms with Gasteiger partial charge in [-0.05, 0) is 18.9 Å². The zero-order valence-corrected chi connectivity index (χ0v) is 7.08. The molecule has 1 rings (SSSR count). The molecule has 0 saturated carbocycles. The van der Waals surface area contributed by atoms with E-state index in [9.17, 15) is 4.79 Å². The van der Waals surface area contributed by atoms with Gasteiger partial charge in [0.05, 0.1) is 5.54 Å². The van der Waals surface area contributed by atoms with Crippen molar-refractivity contribution in [2.45, 2.75) is 18.9 Å². The highest BCUT2D eigenvalue weighted by Crippen LogP contribution is 2.07. The number of hydrogen-bond acceptors (Lipinski definition) is 2. The van der Waals surface area contributed by atoms with Crippen molar-refractivity contribution in [3.8, 4) is 0 Å². The molecule has 0 aliphatic carbocycles. The topological polar surface area (TPSA) is 43.1 Å². The normalized spacial score (nSPS) is 15.2. The summed E-state index contributed by atoms with van der Waals surface area (Å²) in [5.41, 5.74) is 5.83. The lowest BCUT2D eigenvalue weighted by atomic mass is 9.96. The Balaban J connectivity index is 2.70. The lowest BCUT2D eigenvalue weighted by Gasteiger charge is -2.15. The molecule has 0 amide bonds. The van der Waals surface area contributed by atoms with Crippen LogP contribution in [-0.2, 0) is 11.2 Å². The fourth-order valence-corrected chi connectivity index (χ4v) is 1.06. The Morgan fingerprint density at radius 2 is 2.00 bits per heavy atom. The van der Waals surface area contributed by atoms with Crippen molar-refractivity contribution < 1.29 is 4.79 Å². The minimum Gasteiger partial charge on any atom is -0.319 e. The minimum absolute atomic E-state index is 0.539. The first-order valence-electron chi connectivity index (χ1n) is 3.86. The van der Waals surface area contributed by atoms with E-state index in [1.54, 1.807) is 6.92 Å². The van der Waals surface area contributed by atoms with Crippen LogP contribution in [0.3, 0.4) is 0 Å². The van der Waals surface area contributed by atoms with Crippen molar-refractivity contribution in [2.24, 2.45) is 5.73 Å². The van der Waals surface area contributed by atoms with Gasteiger partial charge in [0, 0.05) is 0 Å². The molecule has 1 aromatic carbocycles. The SMILES string of the molecule is C[C@@](N)([C]=O)Cc1ccccc1. The van der Waals surface area contributed by atoms with E-state index in [1.807, 2.05) is 36.6 Å². The molecule has 0 heterocycles. The zero-order chi connectivity index (χ0) is 9.03. The van der Waals surface area contributed by atoms with E-state index in [-0.39, 0.29) is 0 Å². The molecule has 1 radical (unpaired) electrons. The van der Waals surface area contributed by atoms with E-state index in [0.717, 1.165) is 5.56 Å². The predicted octanol–water partition coefficient (Wildman–Crippen LogP) is 1.06. The van der Waals surface area contributed by atoms with E-state index in [4.69, 9.17) is 5.73 Å². The summed E-state index contributed by atoms with van der Waals surface area (Å²) in [5, 5.41) is 0. The molecular weight excluding hydrogens is 150 g/mol. The average molecular weight is 162 g/mol. The van der Waals surface area contributed by atoms with Crippen molar-refractivity contribution in [1.29, 1.82) is 0 Å². The summed E-state index contributed by atoms with van der Waals surface area (Å²) in [5.74, 6) is 0. The second-order valence-corrected chi connectivity index (χ2v) is 3.18. The maximum absolute atomic E-state index is 10.4. The van der Waals surface area contributed by atoms with Crippen LogP contribution in [-0.4, -0.2) is 11.8 Å². The van der Waals surface area contributed by atoms with Crippen molar-refractivity contribution >= 4 is 6.29 Å². The fraction of sp³-hybridized carbons (Fsp3) is 0.300. The highest BCUT2D eigenvalue weighted by atomic mass is 16.1. The van der Waals surface area contributed by atoms with Crippen molar-refractivity contribution in [3.63, 3.8) is 0 Å². The van der Waals surface area contributed by atoms with E-state index in [1.165, 1.54) is 0 Å². The largest absolute Gasteiger partial charge is 0.319 e. The Morgan fingerprint density at radius 1 is 1.42 bits per heavy atom. The quantitative estimate of drug-likeness (QED) is 0.722. The molecule has 0 bridgehead atoms. The third-order valence-corrected chi connectivity index (χ3v) is 1.65. The average Bonchev–Trinajstić information content (AvgIpc) is 2.06. The molecular formula is C10H12NO. The third kappa shape index (κ3) is 2.47. The smallest absolute Gasteiger partial charge is 0.220 e. The maximum Gasteiger partial charge on any atom is 0.220 e. The van der Waals surface area contributed by atoms with E-state index in [0.29, 0.717) is 6.42 Å². The van der Waals surface area contributed by atoms with E-state index >= 15 is 0 Å². The predicted molar refractivity (Wildman–Crippen MR) is 48.4 cm³/mol. The van der Waals surface area contributed by atoms with Gasteiger partial charge >= 0.3 is 0 Å². The van der Waals surface area contributed by atoms with Crippen molar-refractivity contribution in [1.82, 2.24) is 0 Å². The molecule has 2 N–H and O–H groups in total.